The first kappa shape index (κ1) is 8.97. The Balaban J connectivity index is 2.42. The van der Waals surface area contributed by atoms with Crippen molar-refractivity contribution in [2.75, 3.05) is 13.6 Å². The topological polar surface area (TPSA) is 12.0 Å². The zero-order valence-corrected chi connectivity index (χ0v) is 9.19. The highest BCUT2D eigenvalue weighted by molar-refractivity contribution is 9.10. The average molecular weight is 238 g/mol. The van der Waals surface area contributed by atoms with Gasteiger partial charge < -0.3 is 5.32 Å². The molecule has 1 aliphatic carbocycles. The first-order valence-electron chi connectivity index (χ1n) is 4.44. The van der Waals surface area contributed by atoms with Crippen molar-refractivity contribution in [2.24, 2.45) is 0 Å². The van der Waals surface area contributed by atoms with Gasteiger partial charge in [-0.05, 0) is 36.2 Å². The van der Waals surface area contributed by atoms with Gasteiger partial charge in [0.05, 0.1) is 0 Å². The number of halogens is 1. The molecule has 0 saturated heterocycles. The molecule has 0 aromatic heterocycles. The van der Waals surface area contributed by atoms with Gasteiger partial charge in [-0.1, -0.05) is 34.1 Å². The molecular weight excluding hydrogens is 226 g/mol. The summed E-state index contributed by atoms with van der Waals surface area (Å²) in [7, 11) is 1.98. The fourth-order valence-corrected chi connectivity index (χ4v) is 2.45. The minimum Gasteiger partial charge on any atom is -0.316 e. The van der Waals surface area contributed by atoms with E-state index >= 15 is 0 Å². The van der Waals surface area contributed by atoms with E-state index in [1.165, 1.54) is 21.2 Å². The van der Waals surface area contributed by atoms with Gasteiger partial charge in [-0.15, -0.1) is 0 Å². The van der Waals surface area contributed by atoms with Crippen molar-refractivity contribution in [1.82, 2.24) is 5.32 Å². The predicted octanol–water partition coefficient (Wildman–Crippen LogP) is 2.61. The van der Waals surface area contributed by atoms with E-state index in [4.69, 9.17) is 0 Å². The SMILES string of the molecule is CNCC1=CCc2cccc(Br)c21. The van der Waals surface area contributed by atoms with Gasteiger partial charge in [0, 0.05) is 11.0 Å². The van der Waals surface area contributed by atoms with Crippen LogP contribution in [0.3, 0.4) is 0 Å². The zero-order chi connectivity index (χ0) is 9.26. The summed E-state index contributed by atoms with van der Waals surface area (Å²) in [5.41, 5.74) is 4.22. The van der Waals surface area contributed by atoms with Gasteiger partial charge >= 0.3 is 0 Å². The molecule has 0 saturated carbocycles. The van der Waals surface area contributed by atoms with Crippen molar-refractivity contribution in [3.63, 3.8) is 0 Å². The van der Waals surface area contributed by atoms with E-state index in [2.05, 4.69) is 45.5 Å². The number of hydrogen-bond acceptors (Lipinski definition) is 1. The number of allylic oxidation sites excluding steroid dienone is 1. The summed E-state index contributed by atoms with van der Waals surface area (Å²) < 4.78 is 1.21. The molecule has 0 amide bonds. The Morgan fingerprint density at radius 2 is 2.31 bits per heavy atom. The Labute approximate surface area is 87.0 Å². The number of likely N-dealkylation sites (N-methyl/N-ethyl adjacent to an activating group) is 1. The number of benzene rings is 1. The molecule has 13 heavy (non-hydrogen) atoms. The third-order valence-corrected chi connectivity index (χ3v) is 3.02. The van der Waals surface area contributed by atoms with Gasteiger partial charge in [-0.25, -0.2) is 0 Å². The van der Waals surface area contributed by atoms with Crippen molar-refractivity contribution in [2.45, 2.75) is 6.42 Å². The fourth-order valence-electron chi connectivity index (χ4n) is 1.78. The molecule has 68 valence electrons. The molecular formula is C11H12BrN. The Morgan fingerprint density at radius 1 is 1.46 bits per heavy atom. The summed E-state index contributed by atoms with van der Waals surface area (Å²) in [5, 5.41) is 3.19. The number of nitrogens with one attached hydrogen (secondary N) is 1. The Bertz CT molecular complexity index is 355. The Hall–Kier alpha value is -0.600. The van der Waals surface area contributed by atoms with E-state index in [1.54, 1.807) is 0 Å². The minimum atomic E-state index is 0.954. The lowest BCUT2D eigenvalue weighted by atomic mass is 10.1. The normalized spacial score (nSPS) is 14.2. The molecule has 1 aromatic carbocycles. The van der Waals surface area contributed by atoms with Crippen LogP contribution in [0.1, 0.15) is 11.1 Å². The van der Waals surface area contributed by atoms with E-state index in [0.717, 1.165) is 13.0 Å². The minimum absolute atomic E-state index is 0.954. The second-order valence-electron chi connectivity index (χ2n) is 3.24. The molecule has 1 aromatic rings. The highest BCUT2D eigenvalue weighted by atomic mass is 79.9. The van der Waals surface area contributed by atoms with Gasteiger partial charge in [0.2, 0.25) is 0 Å². The van der Waals surface area contributed by atoms with Crippen molar-refractivity contribution >= 4 is 21.5 Å². The highest BCUT2D eigenvalue weighted by Gasteiger charge is 2.15. The molecule has 1 nitrogen and oxygen atoms in total. The second kappa shape index (κ2) is 3.64. The van der Waals surface area contributed by atoms with Crippen LogP contribution in [-0.2, 0) is 6.42 Å². The van der Waals surface area contributed by atoms with Crippen LogP contribution in [0.15, 0.2) is 28.7 Å². The average Bonchev–Trinajstić information content (AvgIpc) is 2.51. The molecule has 0 aliphatic heterocycles. The van der Waals surface area contributed by atoms with Crippen LogP contribution in [0.2, 0.25) is 0 Å². The fraction of sp³-hybridized carbons (Fsp3) is 0.273. The number of hydrogen-bond donors (Lipinski definition) is 1. The smallest absolute Gasteiger partial charge is 0.0253 e. The third kappa shape index (κ3) is 1.56. The number of fused-ring (bicyclic) bond motifs is 1. The lowest BCUT2D eigenvalue weighted by Crippen LogP contribution is -2.09. The largest absolute Gasteiger partial charge is 0.316 e. The molecule has 0 unspecified atom stereocenters. The van der Waals surface area contributed by atoms with E-state index in [-0.39, 0.29) is 0 Å². The molecule has 0 spiro atoms. The van der Waals surface area contributed by atoms with Crippen LogP contribution in [0, 0.1) is 0 Å². The second-order valence-corrected chi connectivity index (χ2v) is 4.09. The van der Waals surface area contributed by atoms with E-state index in [0.29, 0.717) is 0 Å². The van der Waals surface area contributed by atoms with Crippen LogP contribution in [-0.4, -0.2) is 13.6 Å². The van der Waals surface area contributed by atoms with Gasteiger partial charge in [0.25, 0.3) is 0 Å². The van der Waals surface area contributed by atoms with Gasteiger partial charge in [0.1, 0.15) is 0 Å². The van der Waals surface area contributed by atoms with Crippen molar-refractivity contribution in [3.8, 4) is 0 Å². The maximum Gasteiger partial charge on any atom is 0.0253 e. The van der Waals surface area contributed by atoms with Crippen LogP contribution in [0.5, 0.6) is 0 Å². The summed E-state index contributed by atoms with van der Waals surface area (Å²) in [5.74, 6) is 0. The van der Waals surface area contributed by atoms with E-state index < -0.39 is 0 Å². The molecule has 0 fully saturated rings. The summed E-state index contributed by atoms with van der Waals surface area (Å²) in [6.45, 7) is 0.954. The van der Waals surface area contributed by atoms with E-state index in [9.17, 15) is 0 Å². The van der Waals surface area contributed by atoms with Gasteiger partial charge in [-0.3, -0.25) is 0 Å². The molecule has 2 rings (SSSR count). The summed E-state index contributed by atoms with van der Waals surface area (Å²) in [6.07, 6.45) is 3.37. The Morgan fingerprint density at radius 3 is 3.08 bits per heavy atom. The maximum absolute atomic E-state index is 3.59. The van der Waals surface area contributed by atoms with Crippen molar-refractivity contribution in [1.29, 1.82) is 0 Å². The summed E-state index contributed by atoms with van der Waals surface area (Å²) >= 11 is 3.59. The zero-order valence-electron chi connectivity index (χ0n) is 7.60. The van der Waals surface area contributed by atoms with Crippen LogP contribution >= 0.6 is 15.9 Å². The monoisotopic (exact) mass is 237 g/mol. The molecule has 0 bridgehead atoms. The van der Waals surface area contributed by atoms with E-state index in [1.807, 2.05) is 7.05 Å². The maximum atomic E-state index is 3.59. The highest BCUT2D eigenvalue weighted by Crippen LogP contribution is 2.32. The quantitative estimate of drug-likeness (QED) is 0.835. The van der Waals surface area contributed by atoms with Crippen molar-refractivity contribution in [3.05, 3.63) is 39.9 Å². The molecule has 0 radical (unpaired) electrons. The standard InChI is InChI=1S/C11H12BrN/c1-13-7-9-6-5-8-3-2-4-10(12)11(8)9/h2-4,6,13H,5,7H2,1H3. The first-order valence-corrected chi connectivity index (χ1v) is 5.23. The summed E-state index contributed by atoms with van der Waals surface area (Å²) in [6, 6.07) is 6.39. The van der Waals surface area contributed by atoms with Gasteiger partial charge in [0.15, 0.2) is 0 Å². The third-order valence-electron chi connectivity index (χ3n) is 2.36. The molecule has 1 N–H and O–H groups in total. The van der Waals surface area contributed by atoms with Crippen LogP contribution < -0.4 is 5.32 Å². The molecule has 0 atom stereocenters. The summed E-state index contributed by atoms with van der Waals surface area (Å²) in [4.78, 5) is 0. The molecule has 1 aliphatic rings. The van der Waals surface area contributed by atoms with Crippen LogP contribution in [0.4, 0.5) is 0 Å². The lowest BCUT2D eigenvalue weighted by Gasteiger charge is -2.07. The molecule has 0 heterocycles. The predicted molar refractivity (Wildman–Crippen MR) is 59.7 cm³/mol. The lowest BCUT2D eigenvalue weighted by molar-refractivity contribution is 0.932. The number of rotatable bonds is 2. The van der Waals surface area contributed by atoms with Gasteiger partial charge in [-0.2, -0.15) is 0 Å². The Kier molecular flexibility index (Phi) is 2.51. The van der Waals surface area contributed by atoms with Crippen molar-refractivity contribution < 1.29 is 0 Å². The first-order chi connectivity index (χ1) is 6.33. The van der Waals surface area contributed by atoms with Crippen LogP contribution in [0.25, 0.3) is 5.57 Å². The molecule has 2 heteroatoms.